The SMILES string of the molecule is COC(=O)COc1cc(Cl)c(Cc2ccc(O)c([C@H](C)c3ccc(F)cc3)c2)c(Cl)c1. The van der Waals surface area contributed by atoms with Gasteiger partial charge in [-0.25, -0.2) is 9.18 Å². The number of phenols is 1. The summed E-state index contributed by atoms with van der Waals surface area (Å²) in [6.07, 6.45) is 0.429. The predicted octanol–water partition coefficient (Wildman–Crippen LogP) is 6.13. The molecule has 0 aliphatic rings. The first-order valence-electron chi connectivity index (χ1n) is 9.53. The summed E-state index contributed by atoms with van der Waals surface area (Å²) in [6, 6.07) is 14.7. The lowest BCUT2D eigenvalue weighted by Gasteiger charge is -2.16. The molecule has 0 radical (unpaired) electrons. The number of ether oxygens (including phenoxy) is 2. The van der Waals surface area contributed by atoms with Crippen LogP contribution in [0, 0.1) is 5.82 Å². The molecule has 0 spiro atoms. The Morgan fingerprint density at radius 2 is 1.71 bits per heavy atom. The van der Waals surface area contributed by atoms with E-state index in [1.165, 1.54) is 19.2 Å². The Kier molecular flexibility index (Phi) is 7.42. The number of halogens is 3. The highest BCUT2D eigenvalue weighted by Gasteiger charge is 2.16. The summed E-state index contributed by atoms with van der Waals surface area (Å²) in [6.45, 7) is 1.70. The normalized spacial score (nSPS) is 11.8. The van der Waals surface area contributed by atoms with E-state index in [9.17, 15) is 14.3 Å². The summed E-state index contributed by atoms with van der Waals surface area (Å²) in [5, 5.41) is 11.2. The first-order valence-corrected chi connectivity index (χ1v) is 10.3. The Bertz CT molecular complexity index is 1060. The lowest BCUT2D eigenvalue weighted by molar-refractivity contribution is -0.142. The van der Waals surface area contributed by atoms with Gasteiger partial charge < -0.3 is 14.6 Å². The van der Waals surface area contributed by atoms with Crippen LogP contribution < -0.4 is 4.74 Å². The first kappa shape index (κ1) is 22.9. The topological polar surface area (TPSA) is 55.8 Å². The van der Waals surface area contributed by atoms with Gasteiger partial charge in [-0.15, -0.1) is 0 Å². The molecule has 162 valence electrons. The molecule has 1 N–H and O–H groups in total. The number of hydrogen-bond donors (Lipinski definition) is 1. The number of phenolic OH excluding ortho intramolecular Hbond substituents is 1. The molecule has 0 fully saturated rings. The largest absolute Gasteiger partial charge is 0.508 e. The van der Waals surface area contributed by atoms with Crippen LogP contribution in [0.3, 0.4) is 0 Å². The van der Waals surface area contributed by atoms with Crippen LogP contribution in [0.5, 0.6) is 11.5 Å². The second kappa shape index (κ2) is 10.0. The molecule has 0 bridgehead atoms. The molecular weight excluding hydrogens is 442 g/mol. The fourth-order valence-corrected chi connectivity index (χ4v) is 3.83. The van der Waals surface area contributed by atoms with Crippen LogP contribution in [0.25, 0.3) is 0 Å². The van der Waals surface area contributed by atoms with Gasteiger partial charge in [0, 0.05) is 27.9 Å². The highest BCUT2D eigenvalue weighted by atomic mass is 35.5. The number of carbonyl (C=O) groups excluding carboxylic acids is 1. The fraction of sp³-hybridized carbons (Fsp3) is 0.208. The van der Waals surface area contributed by atoms with Crippen molar-refractivity contribution in [2.24, 2.45) is 0 Å². The standard InChI is InChI=1S/C24H21Cl2FO4/c1-14(16-4-6-17(27)7-5-16)19-9-15(3-8-23(19)28)10-20-21(25)11-18(12-22(20)26)31-13-24(29)30-2/h3-9,11-12,14,28H,10,13H2,1-2H3/t14-/m1/s1. The highest BCUT2D eigenvalue weighted by Crippen LogP contribution is 2.35. The summed E-state index contributed by atoms with van der Waals surface area (Å²) < 4.78 is 23.1. The molecule has 31 heavy (non-hydrogen) atoms. The molecule has 1 atom stereocenters. The lowest BCUT2D eigenvalue weighted by atomic mass is 9.90. The average molecular weight is 463 g/mol. The molecule has 0 aliphatic carbocycles. The van der Waals surface area contributed by atoms with E-state index >= 15 is 0 Å². The van der Waals surface area contributed by atoms with Gasteiger partial charge in [0.05, 0.1) is 7.11 Å². The highest BCUT2D eigenvalue weighted by molar-refractivity contribution is 6.36. The summed E-state index contributed by atoms with van der Waals surface area (Å²) in [5.74, 6) is -0.439. The summed E-state index contributed by atoms with van der Waals surface area (Å²) in [4.78, 5) is 11.2. The maximum Gasteiger partial charge on any atom is 0.343 e. The van der Waals surface area contributed by atoms with Gasteiger partial charge in [0.1, 0.15) is 17.3 Å². The van der Waals surface area contributed by atoms with Crippen LogP contribution in [0.15, 0.2) is 54.6 Å². The van der Waals surface area contributed by atoms with Crippen molar-refractivity contribution in [1.82, 2.24) is 0 Å². The quantitative estimate of drug-likeness (QED) is 0.428. The van der Waals surface area contributed by atoms with Gasteiger partial charge in [-0.1, -0.05) is 54.4 Å². The zero-order valence-corrected chi connectivity index (χ0v) is 18.5. The second-order valence-electron chi connectivity index (χ2n) is 7.07. The number of aromatic hydroxyl groups is 1. The Hall–Kier alpha value is -2.76. The third-order valence-corrected chi connectivity index (χ3v) is 5.68. The molecule has 3 aromatic rings. The summed E-state index contributed by atoms with van der Waals surface area (Å²) in [5.41, 5.74) is 3.19. The molecule has 0 unspecified atom stereocenters. The Balaban J connectivity index is 1.83. The number of esters is 1. The number of carbonyl (C=O) groups is 1. The maximum absolute atomic E-state index is 13.2. The van der Waals surface area contributed by atoms with E-state index in [2.05, 4.69) is 4.74 Å². The minimum atomic E-state index is -0.511. The molecule has 3 aromatic carbocycles. The lowest BCUT2D eigenvalue weighted by Crippen LogP contribution is -2.12. The van der Waals surface area contributed by atoms with Crippen molar-refractivity contribution < 1.29 is 23.8 Å². The van der Waals surface area contributed by atoms with Gasteiger partial charge >= 0.3 is 5.97 Å². The minimum absolute atomic E-state index is 0.138. The van der Waals surface area contributed by atoms with Crippen LogP contribution in [0.2, 0.25) is 10.0 Å². The Labute approximate surface area is 190 Å². The van der Waals surface area contributed by atoms with E-state index in [-0.39, 0.29) is 24.1 Å². The first-order chi connectivity index (χ1) is 14.8. The number of benzene rings is 3. The monoisotopic (exact) mass is 462 g/mol. The van der Waals surface area contributed by atoms with E-state index in [0.29, 0.717) is 27.8 Å². The zero-order valence-electron chi connectivity index (χ0n) is 17.0. The molecule has 0 saturated heterocycles. The molecule has 7 heteroatoms. The van der Waals surface area contributed by atoms with Gasteiger partial charge in [0.2, 0.25) is 0 Å². The van der Waals surface area contributed by atoms with Crippen molar-refractivity contribution in [2.45, 2.75) is 19.3 Å². The van der Waals surface area contributed by atoms with Crippen molar-refractivity contribution in [2.75, 3.05) is 13.7 Å². The van der Waals surface area contributed by atoms with E-state index in [1.54, 1.807) is 36.4 Å². The summed E-state index contributed by atoms with van der Waals surface area (Å²) >= 11 is 12.8. The van der Waals surface area contributed by atoms with Crippen LogP contribution in [0.1, 0.15) is 35.1 Å². The molecule has 4 nitrogen and oxygen atoms in total. The van der Waals surface area contributed by atoms with Crippen molar-refractivity contribution in [3.8, 4) is 11.5 Å². The fourth-order valence-electron chi connectivity index (χ4n) is 3.23. The molecular formula is C24H21Cl2FO4. The molecule has 0 aromatic heterocycles. The van der Waals surface area contributed by atoms with Gasteiger partial charge in [-0.05, 0) is 47.0 Å². The second-order valence-corrected chi connectivity index (χ2v) is 7.89. The van der Waals surface area contributed by atoms with E-state index < -0.39 is 5.97 Å². The third kappa shape index (κ3) is 5.69. The van der Waals surface area contributed by atoms with Crippen molar-refractivity contribution >= 4 is 29.2 Å². The van der Waals surface area contributed by atoms with E-state index in [4.69, 9.17) is 27.9 Å². The number of rotatable bonds is 7. The van der Waals surface area contributed by atoms with Gasteiger partial charge in [0.15, 0.2) is 6.61 Å². The Morgan fingerprint density at radius 3 is 2.32 bits per heavy atom. The van der Waals surface area contributed by atoms with Gasteiger partial charge in [-0.3, -0.25) is 0 Å². The van der Waals surface area contributed by atoms with Crippen molar-refractivity contribution in [1.29, 1.82) is 0 Å². The van der Waals surface area contributed by atoms with Crippen LogP contribution in [0.4, 0.5) is 4.39 Å². The minimum Gasteiger partial charge on any atom is -0.508 e. The van der Waals surface area contributed by atoms with Crippen molar-refractivity contribution in [3.05, 3.63) is 92.7 Å². The molecule has 0 saturated carbocycles. The molecule has 0 heterocycles. The molecule has 0 aliphatic heterocycles. The molecule has 3 rings (SSSR count). The number of methoxy groups -OCH3 is 1. The summed E-state index contributed by atoms with van der Waals surface area (Å²) in [7, 11) is 1.28. The zero-order chi connectivity index (χ0) is 22.5. The van der Waals surface area contributed by atoms with Crippen molar-refractivity contribution in [3.63, 3.8) is 0 Å². The van der Waals surface area contributed by atoms with Gasteiger partial charge in [0.25, 0.3) is 0 Å². The Morgan fingerprint density at radius 1 is 1.06 bits per heavy atom. The molecule has 0 amide bonds. The predicted molar refractivity (Wildman–Crippen MR) is 119 cm³/mol. The number of hydrogen-bond acceptors (Lipinski definition) is 4. The smallest absolute Gasteiger partial charge is 0.343 e. The van der Waals surface area contributed by atoms with Gasteiger partial charge in [-0.2, -0.15) is 0 Å². The van der Waals surface area contributed by atoms with Crippen LogP contribution in [-0.2, 0) is 16.0 Å². The maximum atomic E-state index is 13.2. The van der Waals surface area contributed by atoms with E-state index in [0.717, 1.165) is 16.7 Å². The van der Waals surface area contributed by atoms with Crippen LogP contribution in [-0.4, -0.2) is 24.8 Å². The van der Waals surface area contributed by atoms with Crippen LogP contribution >= 0.6 is 23.2 Å². The third-order valence-electron chi connectivity index (χ3n) is 5.01. The van der Waals surface area contributed by atoms with E-state index in [1.807, 2.05) is 13.0 Å². The average Bonchev–Trinajstić information content (AvgIpc) is 2.75.